The van der Waals surface area contributed by atoms with Crippen LogP contribution < -0.4 is 4.74 Å². The number of hydrogen-bond acceptors (Lipinski definition) is 2. The molecule has 1 rings (SSSR count). The first kappa shape index (κ1) is 16.8. The van der Waals surface area contributed by atoms with Gasteiger partial charge in [-0.25, -0.2) is 0 Å². The summed E-state index contributed by atoms with van der Waals surface area (Å²) < 4.78 is 5.32. The summed E-state index contributed by atoms with van der Waals surface area (Å²) >= 11 is 6.03. The van der Waals surface area contributed by atoms with Crippen molar-refractivity contribution in [2.45, 2.75) is 46.0 Å². The van der Waals surface area contributed by atoms with Crippen LogP contribution in [0, 0.1) is 5.41 Å². The highest BCUT2D eigenvalue weighted by atomic mass is 35.5. The van der Waals surface area contributed by atoms with E-state index in [-0.39, 0.29) is 0 Å². The zero-order valence-corrected chi connectivity index (χ0v) is 13.2. The summed E-state index contributed by atoms with van der Waals surface area (Å²) in [5.74, 6) is -0.0412. The van der Waals surface area contributed by atoms with Gasteiger partial charge in [-0.2, -0.15) is 0 Å². The van der Waals surface area contributed by atoms with Crippen molar-refractivity contribution < 1.29 is 14.6 Å². The molecule has 1 aromatic carbocycles. The van der Waals surface area contributed by atoms with Crippen LogP contribution in [0.4, 0.5) is 0 Å². The van der Waals surface area contributed by atoms with Gasteiger partial charge in [-0.3, -0.25) is 4.79 Å². The summed E-state index contributed by atoms with van der Waals surface area (Å²) in [6.07, 6.45) is 3.61. The predicted molar refractivity (Wildman–Crippen MR) is 81.6 cm³/mol. The van der Waals surface area contributed by atoms with Crippen LogP contribution in [-0.4, -0.2) is 18.2 Å². The minimum atomic E-state index is -0.742. The van der Waals surface area contributed by atoms with Gasteiger partial charge in [-0.15, -0.1) is 0 Å². The molecule has 0 aliphatic rings. The number of benzene rings is 1. The lowest BCUT2D eigenvalue weighted by Gasteiger charge is -2.29. The van der Waals surface area contributed by atoms with E-state index >= 15 is 0 Å². The molecule has 0 aliphatic carbocycles. The van der Waals surface area contributed by atoms with Crippen LogP contribution in [0.2, 0.25) is 5.02 Å². The molecule has 0 radical (unpaired) electrons. The number of methoxy groups -OCH3 is 1. The fourth-order valence-corrected chi connectivity index (χ4v) is 2.68. The first-order chi connectivity index (χ1) is 9.49. The van der Waals surface area contributed by atoms with Crippen molar-refractivity contribution in [1.82, 2.24) is 0 Å². The molecule has 1 N–H and O–H groups in total. The number of unbranched alkanes of at least 4 members (excludes halogenated alkanes) is 1. The van der Waals surface area contributed by atoms with Gasteiger partial charge in [0, 0.05) is 5.02 Å². The Morgan fingerprint density at radius 3 is 2.60 bits per heavy atom. The first-order valence-electron chi connectivity index (χ1n) is 7.05. The monoisotopic (exact) mass is 298 g/mol. The van der Waals surface area contributed by atoms with Gasteiger partial charge in [-0.05, 0) is 43.0 Å². The standard InChI is InChI=1S/C16H23ClO3/c1-4-6-9-16(5-2,15(18)19)11-12-10-13(17)7-8-14(12)20-3/h7-8,10H,4-6,9,11H2,1-3H3,(H,18,19). The Balaban J connectivity index is 3.11. The number of aliphatic carboxylic acids is 1. The Bertz CT molecular complexity index is 459. The molecule has 0 amide bonds. The van der Waals surface area contributed by atoms with Crippen molar-refractivity contribution in [3.05, 3.63) is 28.8 Å². The third-order valence-corrected chi connectivity index (χ3v) is 4.15. The summed E-state index contributed by atoms with van der Waals surface area (Å²) in [5, 5.41) is 10.3. The maximum Gasteiger partial charge on any atom is 0.309 e. The summed E-state index contributed by atoms with van der Waals surface area (Å²) in [7, 11) is 1.59. The van der Waals surface area contributed by atoms with E-state index in [1.165, 1.54) is 0 Å². The molecule has 0 bridgehead atoms. The van der Waals surface area contributed by atoms with E-state index in [9.17, 15) is 9.90 Å². The van der Waals surface area contributed by atoms with Gasteiger partial charge in [-0.1, -0.05) is 38.3 Å². The molecular weight excluding hydrogens is 276 g/mol. The highest BCUT2D eigenvalue weighted by Crippen LogP contribution is 2.37. The van der Waals surface area contributed by atoms with Gasteiger partial charge in [0.15, 0.2) is 0 Å². The molecule has 0 saturated carbocycles. The Hall–Kier alpha value is -1.22. The summed E-state index contributed by atoms with van der Waals surface area (Å²) in [6.45, 7) is 4.00. The maximum absolute atomic E-state index is 11.8. The van der Waals surface area contributed by atoms with E-state index in [4.69, 9.17) is 16.3 Å². The zero-order chi connectivity index (χ0) is 15.2. The van der Waals surface area contributed by atoms with Crippen LogP contribution in [0.15, 0.2) is 18.2 Å². The van der Waals surface area contributed by atoms with Crippen LogP contribution in [0.3, 0.4) is 0 Å². The maximum atomic E-state index is 11.8. The van der Waals surface area contributed by atoms with Crippen molar-refractivity contribution >= 4 is 17.6 Å². The van der Waals surface area contributed by atoms with E-state index in [0.717, 1.165) is 18.4 Å². The smallest absolute Gasteiger partial charge is 0.309 e. The van der Waals surface area contributed by atoms with Crippen LogP contribution in [0.1, 0.15) is 45.1 Å². The molecule has 0 aliphatic heterocycles. The van der Waals surface area contributed by atoms with E-state index in [1.807, 2.05) is 6.92 Å². The van der Waals surface area contributed by atoms with Crippen molar-refractivity contribution in [2.75, 3.05) is 7.11 Å². The average Bonchev–Trinajstić information content (AvgIpc) is 2.43. The molecule has 0 saturated heterocycles. The second-order valence-electron chi connectivity index (χ2n) is 5.18. The highest BCUT2D eigenvalue weighted by Gasteiger charge is 2.36. The zero-order valence-electron chi connectivity index (χ0n) is 12.4. The van der Waals surface area contributed by atoms with Crippen molar-refractivity contribution in [3.63, 3.8) is 0 Å². The number of halogens is 1. The average molecular weight is 299 g/mol. The number of rotatable bonds is 8. The lowest BCUT2D eigenvalue weighted by molar-refractivity contribution is -0.149. The van der Waals surface area contributed by atoms with E-state index in [1.54, 1.807) is 25.3 Å². The molecule has 20 heavy (non-hydrogen) atoms. The molecular formula is C16H23ClO3. The second kappa shape index (κ2) is 7.53. The van der Waals surface area contributed by atoms with Crippen molar-refractivity contribution in [3.8, 4) is 5.75 Å². The SMILES string of the molecule is CCCCC(CC)(Cc1cc(Cl)ccc1OC)C(=O)O. The molecule has 1 unspecified atom stereocenters. The molecule has 0 spiro atoms. The number of carboxylic acid groups (broad SMARTS) is 1. The van der Waals surface area contributed by atoms with Crippen LogP contribution in [0.5, 0.6) is 5.75 Å². The lowest BCUT2D eigenvalue weighted by atomic mass is 9.75. The number of carboxylic acids is 1. The Morgan fingerprint density at radius 1 is 1.40 bits per heavy atom. The summed E-state index contributed by atoms with van der Waals surface area (Å²) in [5.41, 5.74) is 0.119. The molecule has 0 aromatic heterocycles. The lowest BCUT2D eigenvalue weighted by Crippen LogP contribution is -2.33. The largest absolute Gasteiger partial charge is 0.496 e. The predicted octanol–water partition coefficient (Wildman–Crippen LogP) is 4.56. The summed E-state index contributed by atoms with van der Waals surface area (Å²) in [6, 6.07) is 5.35. The van der Waals surface area contributed by atoms with Crippen LogP contribution in [0.25, 0.3) is 0 Å². The van der Waals surface area contributed by atoms with Gasteiger partial charge in [0.1, 0.15) is 5.75 Å². The van der Waals surface area contributed by atoms with E-state index in [2.05, 4.69) is 6.92 Å². The minimum Gasteiger partial charge on any atom is -0.496 e. The molecule has 1 aromatic rings. The fraction of sp³-hybridized carbons (Fsp3) is 0.562. The second-order valence-corrected chi connectivity index (χ2v) is 5.61. The molecule has 4 heteroatoms. The Morgan fingerprint density at radius 2 is 2.10 bits per heavy atom. The van der Waals surface area contributed by atoms with Gasteiger partial charge in [0.2, 0.25) is 0 Å². The molecule has 0 heterocycles. The van der Waals surface area contributed by atoms with Gasteiger partial charge >= 0.3 is 5.97 Å². The normalized spacial score (nSPS) is 13.8. The third kappa shape index (κ3) is 3.89. The summed E-state index contributed by atoms with van der Waals surface area (Å²) in [4.78, 5) is 11.8. The Kier molecular flexibility index (Phi) is 6.34. The third-order valence-electron chi connectivity index (χ3n) is 3.91. The molecule has 3 nitrogen and oxygen atoms in total. The number of carbonyl (C=O) groups is 1. The minimum absolute atomic E-state index is 0.447. The first-order valence-corrected chi connectivity index (χ1v) is 7.42. The van der Waals surface area contributed by atoms with Crippen LogP contribution in [-0.2, 0) is 11.2 Å². The topological polar surface area (TPSA) is 46.5 Å². The van der Waals surface area contributed by atoms with Crippen LogP contribution >= 0.6 is 11.6 Å². The van der Waals surface area contributed by atoms with E-state index < -0.39 is 11.4 Å². The van der Waals surface area contributed by atoms with Gasteiger partial charge in [0.25, 0.3) is 0 Å². The quantitative estimate of drug-likeness (QED) is 0.765. The fourth-order valence-electron chi connectivity index (χ4n) is 2.49. The van der Waals surface area contributed by atoms with Crippen molar-refractivity contribution in [2.24, 2.45) is 5.41 Å². The molecule has 0 fully saturated rings. The van der Waals surface area contributed by atoms with Crippen molar-refractivity contribution in [1.29, 1.82) is 0 Å². The Labute approximate surface area is 125 Å². The number of ether oxygens (including phenoxy) is 1. The van der Waals surface area contributed by atoms with Gasteiger partial charge in [0.05, 0.1) is 12.5 Å². The van der Waals surface area contributed by atoms with Gasteiger partial charge < -0.3 is 9.84 Å². The molecule has 1 atom stereocenters. The highest BCUT2D eigenvalue weighted by molar-refractivity contribution is 6.30. The molecule has 112 valence electrons. The number of hydrogen-bond donors (Lipinski definition) is 1. The van der Waals surface area contributed by atoms with E-state index in [0.29, 0.717) is 30.0 Å².